The average Bonchev–Trinajstić information content (AvgIpc) is 2.36. The molecular formula is C13H19BrClNO2. The normalized spacial score (nSPS) is 12.4. The van der Waals surface area contributed by atoms with Gasteiger partial charge in [0.15, 0.2) is 0 Å². The molecule has 0 heterocycles. The van der Waals surface area contributed by atoms with E-state index in [4.69, 9.17) is 16.3 Å². The zero-order valence-corrected chi connectivity index (χ0v) is 12.8. The largest absolute Gasteiger partial charge is 0.389 e. The smallest absolute Gasteiger partial charge is 0.0945 e. The van der Waals surface area contributed by atoms with Crippen LogP contribution in [0.1, 0.15) is 19.8 Å². The van der Waals surface area contributed by atoms with Gasteiger partial charge in [0.2, 0.25) is 0 Å². The predicted molar refractivity (Wildman–Crippen MR) is 79.4 cm³/mol. The zero-order chi connectivity index (χ0) is 13.4. The minimum Gasteiger partial charge on any atom is -0.389 e. The molecule has 0 saturated carbocycles. The Morgan fingerprint density at radius 3 is 2.94 bits per heavy atom. The van der Waals surface area contributed by atoms with Crippen LogP contribution in [-0.4, -0.2) is 31.0 Å². The summed E-state index contributed by atoms with van der Waals surface area (Å²) in [6, 6.07) is 5.56. The first-order valence-electron chi connectivity index (χ1n) is 6.08. The van der Waals surface area contributed by atoms with E-state index in [-0.39, 0.29) is 0 Å². The van der Waals surface area contributed by atoms with Crippen LogP contribution in [0.5, 0.6) is 0 Å². The maximum Gasteiger partial charge on any atom is 0.0945 e. The standard InChI is InChI=1S/C13H19BrClNO2/c1-2-3-6-18-9-11(17)8-16-10-4-5-13(15)12(14)7-10/h4-5,7,11,16-17H,2-3,6,8-9H2,1H3. The number of aliphatic hydroxyl groups excluding tert-OH is 1. The van der Waals surface area contributed by atoms with Crippen LogP contribution in [0.25, 0.3) is 0 Å². The number of hydrogen-bond acceptors (Lipinski definition) is 3. The van der Waals surface area contributed by atoms with E-state index in [9.17, 15) is 5.11 Å². The molecule has 1 atom stereocenters. The highest BCUT2D eigenvalue weighted by Gasteiger charge is 2.05. The van der Waals surface area contributed by atoms with Gasteiger partial charge in [-0.25, -0.2) is 0 Å². The predicted octanol–water partition coefficient (Wildman–Crippen LogP) is 3.69. The molecule has 3 nitrogen and oxygen atoms in total. The molecule has 0 aliphatic carbocycles. The maximum absolute atomic E-state index is 9.71. The lowest BCUT2D eigenvalue weighted by Crippen LogP contribution is -2.25. The molecule has 0 spiro atoms. The van der Waals surface area contributed by atoms with E-state index in [1.54, 1.807) is 6.07 Å². The minimum atomic E-state index is -0.503. The van der Waals surface area contributed by atoms with Gasteiger partial charge in [0.05, 0.1) is 17.7 Å². The molecule has 0 bridgehead atoms. The van der Waals surface area contributed by atoms with E-state index in [0.717, 1.165) is 23.0 Å². The molecule has 1 unspecified atom stereocenters. The number of ether oxygens (including phenoxy) is 1. The number of halogens is 2. The molecule has 0 aliphatic heterocycles. The molecule has 102 valence electrons. The average molecular weight is 337 g/mol. The van der Waals surface area contributed by atoms with Crippen LogP contribution in [0.15, 0.2) is 22.7 Å². The van der Waals surface area contributed by atoms with Crippen molar-refractivity contribution in [2.45, 2.75) is 25.9 Å². The summed E-state index contributed by atoms with van der Waals surface area (Å²) in [4.78, 5) is 0. The van der Waals surface area contributed by atoms with E-state index >= 15 is 0 Å². The number of hydrogen-bond donors (Lipinski definition) is 2. The fourth-order valence-corrected chi connectivity index (χ4v) is 1.86. The van der Waals surface area contributed by atoms with Crippen molar-refractivity contribution in [1.29, 1.82) is 0 Å². The summed E-state index contributed by atoms with van der Waals surface area (Å²) in [6.45, 7) is 3.64. The SMILES string of the molecule is CCCCOCC(O)CNc1ccc(Cl)c(Br)c1. The zero-order valence-electron chi connectivity index (χ0n) is 10.5. The Morgan fingerprint density at radius 1 is 1.50 bits per heavy atom. The van der Waals surface area contributed by atoms with Gasteiger partial charge in [-0.3, -0.25) is 0 Å². The van der Waals surface area contributed by atoms with Gasteiger partial charge >= 0.3 is 0 Å². The van der Waals surface area contributed by atoms with Crippen molar-refractivity contribution < 1.29 is 9.84 Å². The van der Waals surface area contributed by atoms with Crippen molar-refractivity contribution in [3.63, 3.8) is 0 Å². The van der Waals surface area contributed by atoms with Crippen molar-refractivity contribution in [3.8, 4) is 0 Å². The second-order valence-corrected chi connectivity index (χ2v) is 5.35. The summed E-state index contributed by atoms with van der Waals surface area (Å²) >= 11 is 9.25. The number of benzene rings is 1. The Kier molecular flexibility index (Phi) is 7.66. The first kappa shape index (κ1) is 15.8. The van der Waals surface area contributed by atoms with Crippen LogP contribution in [0.4, 0.5) is 5.69 Å². The third kappa shape index (κ3) is 6.05. The van der Waals surface area contributed by atoms with Crippen LogP contribution >= 0.6 is 27.5 Å². The lowest BCUT2D eigenvalue weighted by atomic mass is 10.3. The second kappa shape index (κ2) is 8.75. The molecule has 0 aromatic heterocycles. The Hall–Kier alpha value is -0.290. The molecule has 0 amide bonds. The Bertz CT molecular complexity index is 363. The molecule has 0 saturated heterocycles. The van der Waals surface area contributed by atoms with Gasteiger partial charge in [0, 0.05) is 23.3 Å². The Morgan fingerprint density at radius 2 is 2.28 bits per heavy atom. The highest BCUT2D eigenvalue weighted by molar-refractivity contribution is 9.10. The van der Waals surface area contributed by atoms with Crippen LogP contribution in [0.2, 0.25) is 5.02 Å². The van der Waals surface area contributed by atoms with E-state index in [2.05, 4.69) is 28.2 Å². The van der Waals surface area contributed by atoms with Crippen LogP contribution in [0, 0.1) is 0 Å². The van der Waals surface area contributed by atoms with Gasteiger partial charge in [-0.15, -0.1) is 0 Å². The van der Waals surface area contributed by atoms with Crippen LogP contribution < -0.4 is 5.32 Å². The van der Waals surface area contributed by atoms with E-state index in [1.807, 2.05) is 12.1 Å². The highest BCUT2D eigenvalue weighted by atomic mass is 79.9. The van der Waals surface area contributed by atoms with Crippen molar-refractivity contribution in [3.05, 3.63) is 27.7 Å². The van der Waals surface area contributed by atoms with Crippen molar-refractivity contribution in [1.82, 2.24) is 0 Å². The lowest BCUT2D eigenvalue weighted by molar-refractivity contribution is 0.0422. The molecule has 0 aliphatic rings. The number of unbranched alkanes of at least 4 members (excludes halogenated alkanes) is 1. The fourth-order valence-electron chi connectivity index (χ4n) is 1.37. The summed E-state index contributed by atoms with van der Waals surface area (Å²) in [7, 11) is 0. The Labute approximate surface area is 122 Å². The number of anilines is 1. The first-order valence-corrected chi connectivity index (χ1v) is 7.25. The molecule has 1 aromatic rings. The van der Waals surface area contributed by atoms with Gasteiger partial charge in [-0.1, -0.05) is 24.9 Å². The summed E-state index contributed by atoms with van der Waals surface area (Å²) in [5.41, 5.74) is 0.916. The second-order valence-electron chi connectivity index (χ2n) is 4.09. The summed E-state index contributed by atoms with van der Waals surface area (Å²) in [5.74, 6) is 0. The Balaban J connectivity index is 2.24. The highest BCUT2D eigenvalue weighted by Crippen LogP contribution is 2.25. The quantitative estimate of drug-likeness (QED) is 0.711. The lowest BCUT2D eigenvalue weighted by Gasteiger charge is -2.13. The summed E-state index contributed by atoms with van der Waals surface area (Å²) < 4.78 is 6.18. The summed E-state index contributed by atoms with van der Waals surface area (Å²) in [5, 5.41) is 13.5. The van der Waals surface area contributed by atoms with Gasteiger partial charge < -0.3 is 15.2 Å². The van der Waals surface area contributed by atoms with E-state index in [1.165, 1.54) is 0 Å². The summed E-state index contributed by atoms with van der Waals surface area (Å²) in [6.07, 6.45) is 1.63. The molecule has 1 aromatic carbocycles. The van der Waals surface area contributed by atoms with Gasteiger partial charge in [0.25, 0.3) is 0 Å². The molecule has 18 heavy (non-hydrogen) atoms. The number of nitrogens with one attached hydrogen (secondary N) is 1. The van der Waals surface area contributed by atoms with Crippen molar-refractivity contribution in [2.24, 2.45) is 0 Å². The molecule has 5 heteroatoms. The molecular weight excluding hydrogens is 318 g/mol. The maximum atomic E-state index is 9.71. The topological polar surface area (TPSA) is 41.5 Å². The molecule has 1 rings (SSSR count). The van der Waals surface area contributed by atoms with Crippen LogP contribution in [-0.2, 0) is 4.74 Å². The number of rotatable bonds is 8. The third-order valence-corrected chi connectivity index (χ3v) is 3.63. The fraction of sp³-hybridized carbons (Fsp3) is 0.538. The van der Waals surface area contributed by atoms with Gasteiger partial charge in [-0.05, 0) is 40.5 Å². The minimum absolute atomic E-state index is 0.363. The van der Waals surface area contributed by atoms with Gasteiger partial charge in [0.1, 0.15) is 0 Å². The van der Waals surface area contributed by atoms with Crippen LogP contribution in [0.3, 0.4) is 0 Å². The van der Waals surface area contributed by atoms with E-state index < -0.39 is 6.10 Å². The van der Waals surface area contributed by atoms with Gasteiger partial charge in [-0.2, -0.15) is 0 Å². The number of aliphatic hydroxyl groups is 1. The van der Waals surface area contributed by atoms with Crippen molar-refractivity contribution >= 4 is 33.2 Å². The first-order chi connectivity index (χ1) is 8.63. The molecule has 0 fully saturated rings. The van der Waals surface area contributed by atoms with Crippen molar-refractivity contribution in [2.75, 3.05) is 25.1 Å². The van der Waals surface area contributed by atoms with E-state index in [0.29, 0.717) is 24.8 Å². The monoisotopic (exact) mass is 335 g/mol. The third-order valence-electron chi connectivity index (χ3n) is 2.41. The molecule has 0 radical (unpaired) electrons. The molecule has 2 N–H and O–H groups in total.